The average molecular weight is 430 g/mol. The summed E-state index contributed by atoms with van der Waals surface area (Å²) >= 11 is 1.74. The Labute approximate surface area is 186 Å². The van der Waals surface area contributed by atoms with Crippen LogP contribution in [0.25, 0.3) is 0 Å². The lowest BCUT2D eigenvalue weighted by Gasteiger charge is -2.14. The monoisotopic (exact) mass is 429 g/mol. The largest absolute Gasteiger partial charge is 0.346 e. The Balaban J connectivity index is 1.34. The van der Waals surface area contributed by atoms with Gasteiger partial charge in [0.1, 0.15) is 0 Å². The molecule has 0 radical (unpaired) electrons. The van der Waals surface area contributed by atoms with E-state index in [-0.39, 0.29) is 5.91 Å². The molecular weight excluding hydrogens is 406 g/mol. The Morgan fingerprint density at radius 2 is 2.00 bits per heavy atom. The van der Waals surface area contributed by atoms with Crippen molar-refractivity contribution in [2.24, 2.45) is 0 Å². The Bertz CT molecular complexity index is 1110. The van der Waals surface area contributed by atoms with Crippen LogP contribution in [0.5, 0.6) is 0 Å². The third-order valence-corrected chi connectivity index (χ3v) is 5.98. The van der Waals surface area contributed by atoms with Crippen molar-refractivity contribution < 1.29 is 4.79 Å². The van der Waals surface area contributed by atoms with Gasteiger partial charge in [0, 0.05) is 36.9 Å². The third-order valence-electron chi connectivity index (χ3n) is 5.12. The number of rotatable bonds is 7. The zero-order valence-electron chi connectivity index (χ0n) is 17.3. The summed E-state index contributed by atoms with van der Waals surface area (Å²) in [4.78, 5) is 24.9. The van der Waals surface area contributed by atoms with Gasteiger partial charge >= 0.3 is 0 Å². The van der Waals surface area contributed by atoms with E-state index in [9.17, 15) is 4.79 Å². The normalized spacial score (nSPS) is 12.9. The molecule has 6 nitrogen and oxygen atoms in total. The minimum atomic E-state index is -0.144. The maximum absolute atomic E-state index is 12.6. The molecule has 0 unspecified atom stereocenters. The van der Waals surface area contributed by atoms with E-state index >= 15 is 0 Å². The molecule has 1 aromatic carbocycles. The van der Waals surface area contributed by atoms with Gasteiger partial charge in [0.05, 0.1) is 35.1 Å². The Morgan fingerprint density at radius 3 is 2.71 bits per heavy atom. The highest BCUT2D eigenvalue weighted by Gasteiger charge is 2.22. The summed E-state index contributed by atoms with van der Waals surface area (Å²) in [6.45, 7) is 4.78. The molecule has 4 rings (SSSR count). The summed E-state index contributed by atoms with van der Waals surface area (Å²) in [5.74, 6) is 0.864. The third kappa shape index (κ3) is 5.29. The molecule has 2 aromatic heterocycles. The summed E-state index contributed by atoms with van der Waals surface area (Å²) in [7, 11) is 0. The number of carbonyl (C=O) groups excluding carboxylic acids is 1. The van der Waals surface area contributed by atoms with Gasteiger partial charge in [-0.3, -0.25) is 19.7 Å². The maximum Gasteiger partial charge on any atom is 0.253 e. The van der Waals surface area contributed by atoms with Gasteiger partial charge in [-0.25, -0.2) is 0 Å². The lowest BCUT2D eigenvalue weighted by molar-refractivity contribution is 0.0950. The van der Waals surface area contributed by atoms with Gasteiger partial charge in [-0.05, 0) is 47.2 Å². The first-order valence-corrected chi connectivity index (χ1v) is 11.2. The highest BCUT2D eigenvalue weighted by molar-refractivity contribution is 7.99. The molecule has 0 atom stereocenters. The van der Waals surface area contributed by atoms with Crippen molar-refractivity contribution in [1.29, 1.82) is 5.26 Å². The molecule has 31 heavy (non-hydrogen) atoms. The molecule has 1 N–H and O–H groups in total. The van der Waals surface area contributed by atoms with Crippen LogP contribution in [-0.2, 0) is 26.2 Å². The molecule has 7 heteroatoms. The number of aromatic nitrogens is 2. The van der Waals surface area contributed by atoms with Gasteiger partial charge in [0.15, 0.2) is 0 Å². The molecule has 0 spiro atoms. The van der Waals surface area contributed by atoms with E-state index in [0.717, 1.165) is 52.8 Å². The van der Waals surface area contributed by atoms with Crippen molar-refractivity contribution in [3.05, 3.63) is 88.5 Å². The number of thioether (sulfide) groups is 1. The van der Waals surface area contributed by atoms with Crippen LogP contribution in [0, 0.1) is 11.3 Å². The minimum absolute atomic E-state index is 0.144. The van der Waals surface area contributed by atoms with Crippen molar-refractivity contribution in [2.75, 3.05) is 5.75 Å². The van der Waals surface area contributed by atoms with Crippen molar-refractivity contribution in [3.63, 3.8) is 0 Å². The van der Waals surface area contributed by atoms with Crippen LogP contribution in [0.2, 0.25) is 0 Å². The summed E-state index contributed by atoms with van der Waals surface area (Å²) in [5, 5.41) is 11.9. The first-order valence-electron chi connectivity index (χ1n) is 10.2. The topological polar surface area (TPSA) is 81.9 Å². The van der Waals surface area contributed by atoms with Crippen molar-refractivity contribution in [1.82, 2.24) is 20.2 Å². The quantitative estimate of drug-likeness (QED) is 0.574. The first-order chi connectivity index (χ1) is 15.1. The molecule has 0 saturated heterocycles. The molecule has 3 heterocycles. The zero-order valence-corrected chi connectivity index (χ0v) is 18.2. The van der Waals surface area contributed by atoms with Crippen LogP contribution in [-0.4, -0.2) is 26.5 Å². The van der Waals surface area contributed by atoms with Crippen LogP contribution >= 0.6 is 11.8 Å². The van der Waals surface area contributed by atoms with Crippen LogP contribution < -0.4 is 5.32 Å². The first kappa shape index (κ1) is 21.0. The molecule has 156 valence electrons. The van der Waals surface area contributed by atoms with Crippen molar-refractivity contribution in [2.45, 2.75) is 38.0 Å². The Kier molecular flexibility index (Phi) is 6.60. The predicted molar refractivity (Wildman–Crippen MR) is 120 cm³/mol. The highest BCUT2D eigenvalue weighted by atomic mass is 32.2. The van der Waals surface area contributed by atoms with E-state index in [4.69, 9.17) is 5.26 Å². The number of carbonyl (C=O) groups is 1. The standard InChI is InChI=1S/C24H23N5OS/c1-2-31-22-8-7-21(26-13-22)12-28-24(30)19-9-20-15-29(16-23(20)27-11-19)14-18-5-3-17(10-25)4-6-18/h3-9,11,13H,2,12,14-16H2,1H3,(H,28,30). The Hall–Kier alpha value is -3.21. The number of amides is 1. The minimum Gasteiger partial charge on any atom is -0.346 e. The smallest absolute Gasteiger partial charge is 0.253 e. The lowest BCUT2D eigenvalue weighted by atomic mass is 10.1. The molecule has 1 aliphatic heterocycles. The van der Waals surface area contributed by atoms with Crippen LogP contribution in [0.1, 0.15) is 45.4 Å². The molecule has 3 aromatic rings. The van der Waals surface area contributed by atoms with E-state index in [0.29, 0.717) is 17.7 Å². The van der Waals surface area contributed by atoms with Gasteiger partial charge in [-0.1, -0.05) is 19.1 Å². The second-order valence-corrected chi connectivity index (χ2v) is 8.72. The number of nitrogens with one attached hydrogen (secondary N) is 1. The second-order valence-electron chi connectivity index (χ2n) is 7.38. The molecule has 0 bridgehead atoms. The number of nitriles is 1. The van der Waals surface area contributed by atoms with Gasteiger partial charge < -0.3 is 5.32 Å². The van der Waals surface area contributed by atoms with Gasteiger partial charge in [0.2, 0.25) is 0 Å². The number of nitrogens with zero attached hydrogens (tertiary/aromatic N) is 4. The molecular formula is C24H23N5OS. The fraction of sp³-hybridized carbons (Fsp3) is 0.250. The van der Waals surface area contributed by atoms with Crippen LogP contribution in [0.4, 0.5) is 0 Å². The highest BCUT2D eigenvalue weighted by Crippen LogP contribution is 2.24. The van der Waals surface area contributed by atoms with E-state index in [2.05, 4.69) is 33.2 Å². The fourth-order valence-corrected chi connectivity index (χ4v) is 4.17. The number of fused-ring (bicyclic) bond motifs is 1. The number of pyridine rings is 2. The summed E-state index contributed by atoms with van der Waals surface area (Å²) in [6.07, 6.45) is 3.49. The zero-order chi connectivity index (χ0) is 21.6. The van der Waals surface area contributed by atoms with Crippen molar-refractivity contribution in [3.8, 4) is 6.07 Å². The second kappa shape index (κ2) is 9.73. The fourth-order valence-electron chi connectivity index (χ4n) is 3.55. The van der Waals surface area contributed by atoms with Crippen LogP contribution in [0.15, 0.2) is 59.8 Å². The van der Waals surface area contributed by atoms with Crippen molar-refractivity contribution >= 4 is 17.7 Å². The van der Waals surface area contributed by atoms with E-state index in [1.54, 1.807) is 18.0 Å². The maximum atomic E-state index is 12.6. The molecule has 0 fully saturated rings. The molecule has 0 saturated carbocycles. The number of hydrogen-bond acceptors (Lipinski definition) is 6. The van der Waals surface area contributed by atoms with Gasteiger partial charge in [-0.15, -0.1) is 11.8 Å². The summed E-state index contributed by atoms with van der Waals surface area (Å²) in [6, 6.07) is 15.7. The summed E-state index contributed by atoms with van der Waals surface area (Å²) < 4.78 is 0. The van der Waals surface area contributed by atoms with Gasteiger partial charge in [-0.2, -0.15) is 5.26 Å². The Morgan fingerprint density at radius 1 is 1.16 bits per heavy atom. The predicted octanol–water partition coefficient (Wildman–Crippen LogP) is 3.91. The van der Waals surface area contributed by atoms with E-state index in [1.165, 1.54) is 0 Å². The molecule has 1 aliphatic rings. The van der Waals surface area contributed by atoms with E-state index in [1.807, 2.05) is 48.7 Å². The SMILES string of the molecule is CCSc1ccc(CNC(=O)c2cnc3c(c2)CN(Cc2ccc(C#N)cc2)C3)nc1. The number of hydrogen-bond donors (Lipinski definition) is 1. The average Bonchev–Trinajstić information content (AvgIpc) is 3.20. The van der Waals surface area contributed by atoms with Crippen LogP contribution in [0.3, 0.4) is 0 Å². The van der Waals surface area contributed by atoms with E-state index < -0.39 is 0 Å². The summed E-state index contributed by atoms with van der Waals surface area (Å²) in [5.41, 5.74) is 5.31. The molecule has 1 amide bonds. The van der Waals surface area contributed by atoms with Gasteiger partial charge in [0.25, 0.3) is 5.91 Å². The lowest BCUT2D eigenvalue weighted by Crippen LogP contribution is -2.23. The molecule has 0 aliphatic carbocycles. The number of benzene rings is 1.